The third-order valence-corrected chi connectivity index (χ3v) is 5.85. The summed E-state index contributed by atoms with van der Waals surface area (Å²) in [5.41, 5.74) is 3.03. The molecule has 1 aromatic carbocycles. The number of pyridine rings is 2. The van der Waals surface area contributed by atoms with Gasteiger partial charge in [0.15, 0.2) is 0 Å². The van der Waals surface area contributed by atoms with Crippen LogP contribution in [0.2, 0.25) is 0 Å². The quantitative estimate of drug-likeness (QED) is 0.479. The van der Waals surface area contributed by atoms with Crippen molar-refractivity contribution in [1.82, 2.24) is 15.0 Å². The Morgan fingerprint density at radius 2 is 1.93 bits per heavy atom. The fourth-order valence-corrected chi connectivity index (χ4v) is 4.34. The molecule has 5 nitrogen and oxygen atoms in total. The molecule has 4 aromatic rings. The van der Waals surface area contributed by atoms with E-state index in [1.165, 1.54) is 18.2 Å². The van der Waals surface area contributed by atoms with Crippen molar-refractivity contribution in [3.8, 4) is 27.8 Å². The van der Waals surface area contributed by atoms with Crippen LogP contribution < -0.4 is 10.1 Å². The number of hydrogen-bond donors (Lipinski definition) is 1. The largest absolute Gasteiger partial charge is 0.466 e. The number of aromatic nitrogens is 3. The minimum atomic E-state index is -0.797. The van der Waals surface area contributed by atoms with Crippen LogP contribution in [0.3, 0.4) is 0 Å². The Labute approximate surface area is 175 Å². The molecule has 1 aliphatic heterocycles. The van der Waals surface area contributed by atoms with Crippen LogP contribution in [-0.4, -0.2) is 21.5 Å². The monoisotopic (exact) mass is 422 g/mol. The summed E-state index contributed by atoms with van der Waals surface area (Å²) in [5.74, 6) is -0.973. The molecule has 1 N–H and O–H groups in total. The van der Waals surface area contributed by atoms with Gasteiger partial charge >= 0.3 is 0 Å². The van der Waals surface area contributed by atoms with E-state index in [0.717, 1.165) is 26.8 Å². The Morgan fingerprint density at radius 3 is 2.70 bits per heavy atom. The van der Waals surface area contributed by atoms with Gasteiger partial charge in [0.2, 0.25) is 5.88 Å². The minimum Gasteiger partial charge on any atom is -0.466 e. The summed E-state index contributed by atoms with van der Waals surface area (Å²) >= 11 is 1.56. The Hall–Kier alpha value is -3.39. The van der Waals surface area contributed by atoms with Crippen LogP contribution in [0.25, 0.3) is 22.0 Å². The number of halogens is 2. The van der Waals surface area contributed by atoms with Crippen molar-refractivity contribution in [2.45, 2.75) is 13.0 Å². The summed E-state index contributed by atoms with van der Waals surface area (Å²) in [6.45, 7) is 2.23. The van der Waals surface area contributed by atoms with E-state index < -0.39 is 17.7 Å². The van der Waals surface area contributed by atoms with Gasteiger partial charge in [-0.25, -0.2) is 18.7 Å². The Kier molecular flexibility index (Phi) is 4.63. The molecule has 0 fully saturated rings. The summed E-state index contributed by atoms with van der Waals surface area (Å²) in [7, 11) is 0. The van der Waals surface area contributed by atoms with Gasteiger partial charge in [0.05, 0.1) is 29.2 Å². The van der Waals surface area contributed by atoms with E-state index in [2.05, 4.69) is 15.3 Å². The van der Waals surface area contributed by atoms with Crippen LogP contribution in [0.1, 0.15) is 16.5 Å². The fourth-order valence-electron chi connectivity index (χ4n) is 3.42. The highest BCUT2D eigenvalue weighted by Gasteiger charge is 2.28. The molecule has 8 heteroatoms. The van der Waals surface area contributed by atoms with Crippen LogP contribution in [0.5, 0.6) is 5.88 Å². The zero-order chi connectivity index (χ0) is 20.7. The second-order valence-corrected chi connectivity index (χ2v) is 8.04. The van der Waals surface area contributed by atoms with Crippen molar-refractivity contribution in [1.29, 1.82) is 0 Å². The number of thiazole rings is 1. The van der Waals surface area contributed by atoms with E-state index >= 15 is 0 Å². The Bertz CT molecular complexity index is 1210. The average Bonchev–Trinajstić information content (AvgIpc) is 3.15. The summed E-state index contributed by atoms with van der Waals surface area (Å²) in [6.07, 6.45) is 2.60. The fraction of sp³-hybridized carbons (Fsp3) is 0.136. The first-order valence-electron chi connectivity index (χ1n) is 9.34. The van der Waals surface area contributed by atoms with Crippen molar-refractivity contribution in [2.75, 3.05) is 11.9 Å². The van der Waals surface area contributed by atoms with Crippen molar-refractivity contribution in [2.24, 2.45) is 0 Å². The second kappa shape index (κ2) is 7.46. The van der Waals surface area contributed by atoms with Crippen LogP contribution in [-0.2, 0) is 0 Å². The van der Waals surface area contributed by atoms with Crippen LogP contribution >= 0.6 is 11.3 Å². The zero-order valence-corrected chi connectivity index (χ0v) is 16.7. The molecule has 0 radical (unpaired) electrons. The number of rotatable bonds is 3. The highest BCUT2D eigenvalue weighted by Crippen LogP contribution is 2.38. The Morgan fingerprint density at radius 1 is 1.10 bits per heavy atom. The summed E-state index contributed by atoms with van der Waals surface area (Å²) in [5, 5.41) is 4.01. The molecule has 1 atom stereocenters. The lowest BCUT2D eigenvalue weighted by Gasteiger charge is -2.27. The van der Waals surface area contributed by atoms with Gasteiger partial charge in [-0.15, -0.1) is 11.3 Å². The maximum Gasteiger partial charge on any atom is 0.238 e. The lowest BCUT2D eigenvalue weighted by Crippen LogP contribution is -2.26. The van der Waals surface area contributed by atoms with Gasteiger partial charge in [0.25, 0.3) is 0 Å². The molecule has 1 aliphatic rings. The third-order valence-electron chi connectivity index (χ3n) is 4.86. The minimum absolute atomic E-state index is 0.100. The molecule has 0 amide bonds. The first-order chi connectivity index (χ1) is 14.6. The first-order valence-corrected chi connectivity index (χ1v) is 10.2. The lowest BCUT2D eigenvalue weighted by molar-refractivity contribution is 0.191. The molecule has 0 bridgehead atoms. The molecule has 3 aromatic heterocycles. The summed E-state index contributed by atoms with van der Waals surface area (Å²) in [4.78, 5) is 14.5. The summed E-state index contributed by atoms with van der Waals surface area (Å²) < 4.78 is 34.0. The number of benzene rings is 1. The molecule has 150 valence electrons. The van der Waals surface area contributed by atoms with Crippen molar-refractivity contribution < 1.29 is 13.5 Å². The number of hydrogen-bond acceptors (Lipinski definition) is 6. The highest BCUT2D eigenvalue weighted by molar-refractivity contribution is 7.15. The van der Waals surface area contributed by atoms with E-state index in [-0.39, 0.29) is 12.1 Å². The molecule has 0 spiro atoms. The molecular weight excluding hydrogens is 406 g/mol. The van der Waals surface area contributed by atoms with E-state index in [4.69, 9.17) is 9.72 Å². The van der Waals surface area contributed by atoms with E-state index in [0.29, 0.717) is 11.6 Å². The lowest BCUT2D eigenvalue weighted by atomic mass is 10.1. The number of nitrogens with zero attached hydrogens (tertiary/aromatic N) is 3. The topological polar surface area (TPSA) is 59.9 Å². The molecule has 0 saturated heterocycles. The van der Waals surface area contributed by atoms with Crippen LogP contribution in [0.15, 0.2) is 54.9 Å². The predicted molar refractivity (Wildman–Crippen MR) is 112 cm³/mol. The smallest absolute Gasteiger partial charge is 0.238 e. The van der Waals surface area contributed by atoms with E-state index in [1.807, 2.05) is 31.2 Å². The first kappa shape index (κ1) is 18.6. The predicted octanol–water partition coefficient (Wildman–Crippen LogP) is 5.40. The van der Waals surface area contributed by atoms with E-state index in [1.54, 1.807) is 23.7 Å². The standard InChI is InChI=1S/C22H16F2N4OS/c1-12-20(28-22(30-12)16-7-2-3-8-25-16)13-9-17-21(27-10-13)29-18(11-26-17)19-14(23)5-4-6-15(19)24/h2-10,18,26H,11H2,1H3. The molecule has 0 saturated carbocycles. The van der Waals surface area contributed by atoms with Gasteiger partial charge in [-0.3, -0.25) is 4.98 Å². The molecule has 1 unspecified atom stereocenters. The second-order valence-electron chi connectivity index (χ2n) is 6.84. The maximum atomic E-state index is 14.1. The normalized spacial score (nSPS) is 15.2. The van der Waals surface area contributed by atoms with Gasteiger partial charge in [-0.1, -0.05) is 12.1 Å². The maximum absolute atomic E-state index is 14.1. The number of nitrogens with one attached hydrogen (secondary N) is 1. The molecule has 5 rings (SSSR count). The van der Waals surface area contributed by atoms with Gasteiger partial charge in [0, 0.05) is 22.8 Å². The SMILES string of the molecule is Cc1sc(-c2ccccn2)nc1-c1cnc2c(c1)NCC(c1c(F)cccc1F)O2. The molecule has 4 heterocycles. The van der Waals surface area contributed by atoms with Gasteiger partial charge in [-0.05, 0) is 37.3 Å². The van der Waals surface area contributed by atoms with Crippen LogP contribution in [0, 0.1) is 18.6 Å². The highest BCUT2D eigenvalue weighted by atomic mass is 32.1. The number of aryl methyl sites for hydroxylation is 1. The number of ether oxygens (including phenoxy) is 1. The van der Waals surface area contributed by atoms with Crippen LogP contribution in [0.4, 0.5) is 14.5 Å². The number of anilines is 1. The van der Waals surface area contributed by atoms with Crippen molar-refractivity contribution >= 4 is 17.0 Å². The van der Waals surface area contributed by atoms with Gasteiger partial charge in [-0.2, -0.15) is 0 Å². The summed E-state index contributed by atoms with van der Waals surface area (Å²) in [6, 6.07) is 11.4. The third kappa shape index (κ3) is 3.29. The molecule has 0 aliphatic carbocycles. The van der Waals surface area contributed by atoms with E-state index in [9.17, 15) is 8.78 Å². The van der Waals surface area contributed by atoms with Crippen molar-refractivity contribution in [3.63, 3.8) is 0 Å². The molecular formula is C22H16F2N4OS. The average molecular weight is 422 g/mol. The van der Waals surface area contributed by atoms with Gasteiger partial charge in [0.1, 0.15) is 22.7 Å². The number of fused-ring (bicyclic) bond motifs is 1. The molecule has 30 heavy (non-hydrogen) atoms. The Balaban J connectivity index is 1.45. The van der Waals surface area contributed by atoms with Crippen molar-refractivity contribution in [3.05, 3.63) is 76.9 Å². The van der Waals surface area contributed by atoms with Gasteiger partial charge < -0.3 is 10.1 Å². The zero-order valence-electron chi connectivity index (χ0n) is 15.9.